The van der Waals surface area contributed by atoms with Crippen molar-refractivity contribution in [1.82, 2.24) is 20.2 Å². The van der Waals surface area contributed by atoms with Crippen molar-refractivity contribution in [3.05, 3.63) is 58.7 Å². The fourth-order valence-corrected chi connectivity index (χ4v) is 3.43. The van der Waals surface area contributed by atoms with Gasteiger partial charge in [-0.05, 0) is 38.8 Å². The van der Waals surface area contributed by atoms with Crippen molar-refractivity contribution in [3.63, 3.8) is 0 Å². The molecule has 0 aliphatic carbocycles. The van der Waals surface area contributed by atoms with Gasteiger partial charge < -0.3 is 10.2 Å². The molecule has 6 heteroatoms. The molecule has 26 heavy (non-hydrogen) atoms. The maximum Gasteiger partial charge on any atom is 0.251 e. The molecule has 0 saturated carbocycles. The zero-order valence-electron chi connectivity index (χ0n) is 15.5. The molecule has 6 nitrogen and oxygen atoms in total. The molecule has 1 fully saturated rings. The molecular weight excluding hydrogens is 328 g/mol. The Bertz CT molecular complexity index is 834. The number of rotatable bonds is 4. The largest absolute Gasteiger partial charge is 0.348 e. The van der Waals surface area contributed by atoms with Gasteiger partial charge in [-0.2, -0.15) is 0 Å². The third-order valence-electron chi connectivity index (χ3n) is 4.71. The van der Waals surface area contributed by atoms with E-state index in [1.165, 1.54) is 0 Å². The summed E-state index contributed by atoms with van der Waals surface area (Å²) in [6, 6.07) is 7.44. The monoisotopic (exact) mass is 352 g/mol. The number of amides is 2. The van der Waals surface area contributed by atoms with Crippen molar-refractivity contribution >= 4 is 11.8 Å². The molecule has 1 aliphatic heterocycles. The summed E-state index contributed by atoms with van der Waals surface area (Å²) in [6.45, 7) is 6.47. The number of nitrogens with one attached hydrogen (secondary N) is 1. The van der Waals surface area contributed by atoms with E-state index >= 15 is 0 Å². The van der Waals surface area contributed by atoms with Crippen molar-refractivity contribution in [3.8, 4) is 0 Å². The number of carbonyl (C=O) groups excluding carboxylic acids is 2. The normalized spacial score (nSPS) is 16.6. The minimum Gasteiger partial charge on any atom is -0.348 e. The van der Waals surface area contributed by atoms with E-state index in [1.807, 2.05) is 36.9 Å². The van der Waals surface area contributed by atoms with E-state index in [0.29, 0.717) is 17.9 Å². The topological polar surface area (TPSA) is 75.2 Å². The quantitative estimate of drug-likeness (QED) is 0.918. The second-order valence-electron chi connectivity index (χ2n) is 6.75. The Balaban J connectivity index is 1.80. The lowest BCUT2D eigenvalue weighted by Crippen LogP contribution is -2.31. The van der Waals surface area contributed by atoms with Crippen LogP contribution in [0.5, 0.6) is 0 Å². The lowest BCUT2D eigenvalue weighted by Gasteiger charge is -2.25. The van der Waals surface area contributed by atoms with Crippen LogP contribution < -0.4 is 5.32 Å². The van der Waals surface area contributed by atoms with Crippen LogP contribution in [0.25, 0.3) is 0 Å². The van der Waals surface area contributed by atoms with Crippen LogP contribution in [0, 0.1) is 13.8 Å². The highest BCUT2D eigenvalue weighted by atomic mass is 16.2. The molecule has 1 N–H and O–H groups in total. The Kier molecular flexibility index (Phi) is 5.30. The second kappa shape index (κ2) is 7.64. The summed E-state index contributed by atoms with van der Waals surface area (Å²) in [7, 11) is 0. The van der Waals surface area contributed by atoms with Gasteiger partial charge in [0.05, 0.1) is 11.7 Å². The molecule has 0 radical (unpaired) electrons. The van der Waals surface area contributed by atoms with Crippen molar-refractivity contribution < 1.29 is 9.59 Å². The predicted octanol–water partition coefficient (Wildman–Crippen LogP) is 2.71. The Morgan fingerprint density at radius 2 is 2.12 bits per heavy atom. The molecule has 0 unspecified atom stereocenters. The van der Waals surface area contributed by atoms with Gasteiger partial charge in [0.2, 0.25) is 5.91 Å². The molecule has 0 spiro atoms. The standard InChI is InChI=1S/C20H24N4O2/c1-13-6-4-7-16(10-13)20(26)22-12-17-11-21-14(2)23-19(17)18-8-5-9-24(18)15(3)25/h4,6-7,10-11,18H,5,8-9,12H2,1-3H3,(H,22,26)/t18-/m1/s1. The zero-order valence-corrected chi connectivity index (χ0v) is 15.5. The van der Waals surface area contributed by atoms with E-state index < -0.39 is 0 Å². The lowest BCUT2D eigenvalue weighted by atomic mass is 10.1. The first-order valence-corrected chi connectivity index (χ1v) is 8.90. The van der Waals surface area contributed by atoms with Crippen molar-refractivity contribution in [2.75, 3.05) is 6.54 Å². The molecule has 136 valence electrons. The summed E-state index contributed by atoms with van der Waals surface area (Å²) in [5.74, 6) is 0.595. The van der Waals surface area contributed by atoms with Gasteiger partial charge in [-0.1, -0.05) is 17.7 Å². The van der Waals surface area contributed by atoms with Crippen molar-refractivity contribution in [2.45, 2.75) is 46.2 Å². The summed E-state index contributed by atoms with van der Waals surface area (Å²) in [4.78, 5) is 35.1. The molecule has 1 aromatic heterocycles. The highest BCUT2D eigenvalue weighted by Crippen LogP contribution is 2.32. The third-order valence-corrected chi connectivity index (χ3v) is 4.71. The van der Waals surface area contributed by atoms with E-state index in [4.69, 9.17) is 0 Å². The highest BCUT2D eigenvalue weighted by Gasteiger charge is 2.31. The number of hydrogen-bond acceptors (Lipinski definition) is 4. The maximum absolute atomic E-state index is 12.4. The average molecular weight is 352 g/mol. The van der Waals surface area contributed by atoms with Crippen LogP contribution in [0.3, 0.4) is 0 Å². The van der Waals surface area contributed by atoms with Crippen LogP contribution in [-0.2, 0) is 11.3 Å². The van der Waals surface area contributed by atoms with Gasteiger partial charge in [-0.15, -0.1) is 0 Å². The molecule has 2 amide bonds. The number of nitrogens with zero attached hydrogens (tertiary/aromatic N) is 3. The van der Waals surface area contributed by atoms with Gasteiger partial charge in [0.25, 0.3) is 5.91 Å². The summed E-state index contributed by atoms with van der Waals surface area (Å²) in [5.41, 5.74) is 3.37. The van der Waals surface area contributed by atoms with Gasteiger partial charge in [-0.3, -0.25) is 9.59 Å². The first-order chi connectivity index (χ1) is 12.5. The lowest BCUT2D eigenvalue weighted by molar-refractivity contribution is -0.129. The zero-order chi connectivity index (χ0) is 18.7. The first kappa shape index (κ1) is 18.0. The number of aryl methyl sites for hydroxylation is 2. The van der Waals surface area contributed by atoms with E-state index in [1.54, 1.807) is 19.2 Å². The van der Waals surface area contributed by atoms with Gasteiger partial charge in [0.1, 0.15) is 5.82 Å². The number of benzene rings is 1. The predicted molar refractivity (Wildman–Crippen MR) is 98.5 cm³/mol. The van der Waals surface area contributed by atoms with Crippen molar-refractivity contribution in [1.29, 1.82) is 0 Å². The van der Waals surface area contributed by atoms with E-state index in [0.717, 1.165) is 36.2 Å². The highest BCUT2D eigenvalue weighted by molar-refractivity contribution is 5.94. The number of likely N-dealkylation sites (tertiary alicyclic amines) is 1. The fraction of sp³-hybridized carbons (Fsp3) is 0.400. The third kappa shape index (κ3) is 3.90. The van der Waals surface area contributed by atoms with E-state index in [9.17, 15) is 9.59 Å². The molecular formula is C20H24N4O2. The van der Waals surface area contributed by atoms with Crippen molar-refractivity contribution in [2.24, 2.45) is 0 Å². The molecule has 2 heterocycles. The van der Waals surface area contributed by atoms with Crippen LogP contribution in [0.1, 0.15) is 58.8 Å². The van der Waals surface area contributed by atoms with Crippen LogP contribution in [0.4, 0.5) is 0 Å². The van der Waals surface area contributed by atoms with Crippen LogP contribution in [0.2, 0.25) is 0 Å². The molecule has 1 saturated heterocycles. The molecule has 0 bridgehead atoms. The van der Waals surface area contributed by atoms with Crippen LogP contribution >= 0.6 is 0 Å². The molecule has 1 atom stereocenters. The van der Waals surface area contributed by atoms with Gasteiger partial charge in [-0.25, -0.2) is 9.97 Å². The summed E-state index contributed by atoms with van der Waals surface area (Å²) >= 11 is 0. The minimum atomic E-state index is -0.130. The second-order valence-corrected chi connectivity index (χ2v) is 6.75. The Morgan fingerprint density at radius 3 is 2.85 bits per heavy atom. The average Bonchev–Trinajstić information content (AvgIpc) is 3.10. The Labute approximate surface area is 153 Å². The van der Waals surface area contributed by atoms with E-state index in [-0.39, 0.29) is 17.9 Å². The van der Waals surface area contributed by atoms with Gasteiger partial charge in [0, 0.05) is 37.3 Å². The Morgan fingerprint density at radius 1 is 1.31 bits per heavy atom. The molecule has 2 aromatic rings. The summed E-state index contributed by atoms with van der Waals surface area (Å²) < 4.78 is 0. The fourth-order valence-electron chi connectivity index (χ4n) is 3.43. The number of aromatic nitrogens is 2. The molecule has 3 rings (SSSR count). The number of carbonyl (C=O) groups is 2. The van der Waals surface area contributed by atoms with E-state index in [2.05, 4.69) is 15.3 Å². The summed E-state index contributed by atoms with van der Waals surface area (Å²) in [5, 5.41) is 2.95. The first-order valence-electron chi connectivity index (χ1n) is 8.90. The van der Waals surface area contributed by atoms with Crippen LogP contribution in [0.15, 0.2) is 30.5 Å². The summed E-state index contributed by atoms with van der Waals surface area (Å²) in [6.07, 6.45) is 3.60. The smallest absolute Gasteiger partial charge is 0.251 e. The Hall–Kier alpha value is -2.76. The maximum atomic E-state index is 12.4. The van der Waals surface area contributed by atoms with Crippen LogP contribution in [-0.4, -0.2) is 33.2 Å². The SMILES string of the molecule is CC(=O)N1CCC[C@@H]1c1nc(C)ncc1CNC(=O)c1cccc(C)c1. The van der Waals surface area contributed by atoms with Gasteiger partial charge >= 0.3 is 0 Å². The molecule has 1 aliphatic rings. The van der Waals surface area contributed by atoms with Gasteiger partial charge in [0.15, 0.2) is 0 Å². The number of hydrogen-bond donors (Lipinski definition) is 1. The minimum absolute atomic E-state index is 0.0416. The molecule has 1 aromatic carbocycles.